The van der Waals surface area contributed by atoms with Crippen LogP contribution in [0, 0.1) is 5.92 Å². The Morgan fingerprint density at radius 2 is 2.00 bits per heavy atom. The minimum absolute atomic E-state index is 0.0788. The van der Waals surface area contributed by atoms with Crippen LogP contribution in [0.25, 0.3) is 0 Å². The highest BCUT2D eigenvalue weighted by atomic mass is 16.3. The Morgan fingerprint density at radius 1 is 1.29 bits per heavy atom. The van der Waals surface area contributed by atoms with Crippen molar-refractivity contribution in [3.63, 3.8) is 0 Å². The third-order valence-corrected chi connectivity index (χ3v) is 3.43. The van der Waals surface area contributed by atoms with Crippen LogP contribution in [0.15, 0.2) is 64.4 Å². The third kappa shape index (κ3) is 6.31. The zero-order chi connectivity index (χ0) is 15.5. The van der Waals surface area contributed by atoms with Gasteiger partial charge in [-0.3, -0.25) is 4.99 Å². The lowest BCUT2D eigenvalue weighted by atomic mass is 9.87. The van der Waals surface area contributed by atoms with Crippen molar-refractivity contribution in [3.8, 4) is 0 Å². The molecule has 0 aliphatic heterocycles. The van der Waals surface area contributed by atoms with Gasteiger partial charge in [-0.1, -0.05) is 45.4 Å². The predicted octanol–water partition coefficient (Wildman–Crippen LogP) is 5.43. The average molecular weight is 283 g/mol. The van der Waals surface area contributed by atoms with E-state index in [1.165, 1.54) is 38.2 Å². The van der Waals surface area contributed by atoms with Gasteiger partial charge in [0.1, 0.15) is 0 Å². The summed E-state index contributed by atoms with van der Waals surface area (Å²) in [5, 5.41) is 9.25. The molecule has 1 saturated carbocycles. The molecule has 0 aromatic heterocycles. The molecule has 1 N–H and O–H groups in total. The molecule has 2 aliphatic carbocycles. The van der Waals surface area contributed by atoms with Crippen LogP contribution < -0.4 is 0 Å². The van der Waals surface area contributed by atoms with Gasteiger partial charge in [-0.15, -0.1) is 5.73 Å². The van der Waals surface area contributed by atoms with Gasteiger partial charge >= 0.3 is 0 Å². The van der Waals surface area contributed by atoms with Crippen molar-refractivity contribution in [1.82, 2.24) is 0 Å². The molecule has 0 radical (unpaired) electrons. The van der Waals surface area contributed by atoms with Crippen molar-refractivity contribution in [2.45, 2.75) is 46.0 Å². The molecule has 21 heavy (non-hydrogen) atoms. The molecule has 1 fully saturated rings. The van der Waals surface area contributed by atoms with E-state index in [-0.39, 0.29) is 5.76 Å². The topological polar surface area (TPSA) is 32.6 Å². The molecule has 0 heterocycles. The van der Waals surface area contributed by atoms with Crippen LogP contribution in [0.1, 0.15) is 46.0 Å². The minimum atomic E-state index is 0.0788. The summed E-state index contributed by atoms with van der Waals surface area (Å²) < 4.78 is 0. The van der Waals surface area contributed by atoms with E-state index in [1.807, 2.05) is 19.9 Å². The summed E-state index contributed by atoms with van der Waals surface area (Å²) in [6.07, 6.45) is 14.9. The van der Waals surface area contributed by atoms with Gasteiger partial charge in [-0.2, -0.15) is 0 Å². The molecule has 0 saturated heterocycles. The zero-order valence-electron chi connectivity index (χ0n) is 13.1. The summed E-state index contributed by atoms with van der Waals surface area (Å²) >= 11 is 0. The van der Waals surface area contributed by atoms with Crippen molar-refractivity contribution in [2.75, 3.05) is 0 Å². The zero-order valence-corrected chi connectivity index (χ0v) is 13.1. The molecular weight excluding hydrogens is 258 g/mol. The number of aliphatic hydroxyl groups is 1. The Labute approximate surface area is 128 Å². The Morgan fingerprint density at radius 3 is 2.71 bits per heavy atom. The van der Waals surface area contributed by atoms with Crippen LogP contribution in [0.2, 0.25) is 0 Å². The number of hydrogen-bond donors (Lipinski definition) is 1. The van der Waals surface area contributed by atoms with Gasteiger partial charge in [0.2, 0.25) is 0 Å². The maximum absolute atomic E-state index is 9.25. The van der Waals surface area contributed by atoms with Crippen molar-refractivity contribution in [3.05, 3.63) is 59.4 Å². The lowest BCUT2D eigenvalue weighted by molar-refractivity contribution is 0.402. The normalized spacial score (nSPS) is 20.9. The molecule has 2 heteroatoms. The van der Waals surface area contributed by atoms with E-state index in [4.69, 9.17) is 0 Å². The molecular formula is C19H25NO. The Kier molecular flexibility index (Phi) is 7.97. The second-order valence-electron chi connectivity index (χ2n) is 4.90. The highest BCUT2D eigenvalue weighted by Crippen LogP contribution is 2.29. The fourth-order valence-electron chi connectivity index (χ4n) is 2.31. The maximum atomic E-state index is 9.25. The first kappa shape index (κ1) is 17.0. The standard InChI is InChI=1S/C17H19NO.C2H6/c1-14(16-9-3-2-4-10-16)18-13-15-7-5-11-17(19)12-6-8-15;1-2/h5,7-8,12-13,16,19H,1-4,9-10H2;1-2H3/b15-7+,18-13?;. The largest absolute Gasteiger partial charge is 0.501 e. The van der Waals surface area contributed by atoms with Gasteiger partial charge in [0, 0.05) is 29.5 Å². The maximum Gasteiger partial charge on any atom is 0.167 e. The summed E-state index contributed by atoms with van der Waals surface area (Å²) in [5.41, 5.74) is 7.49. The average Bonchev–Trinajstić information content (AvgIpc) is 2.52. The van der Waals surface area contributed by atoms with E-state index in [9.17, 15) is 5.11 Å². The number of rotatable bonds is 3. The fraction of sp³-hybridized carbons (Fsp3) is 0.421. The second kappa shape index (κ2) is 9.83. The third-order valence-electron chi connectivity index (χ3n) is 3.43. The van der Waals surface area contributed by atoms with Gasteiger partial charge in [0.05, 0.1) is 0 Å². The molecule has 0 spiro atoms. The Bertz CT molecular complexity index is 530. The smallest absolute Gasteiger partial charge is 0.167 e. The van der Waals surface area contributed by atoms with E-state index in [1.54, 1.807) is 18.4 Å². The molecule has 2 aliphatic rings. The van der Waals surface area contributed by atoms with Crippen LogP contribution in [-0.2, 0) is 0 Å². The molecule has 0 atom stereocenters. The molecule has 0 unspecified atom stereocenters. The number of nitrogens with zero attached hydrogens (tertiary/aromatic N) is 1. The van der Waals surface area contributed by atoms with Gasteiger partial charge in [-0.05, 0) is 31.1 Å². The van der Waals surface area contributed by atoms with Gasteiger partial charge in [-0.25, -0.2) is 0 Å². The first-order chi connectivity index (χ1) is 10.3. The molecule has 0 amide bonds. The van der Waals surface area contributed by atoms with E-state index in [0.717, 1.165) is 11.3 Å². The number of aliphatic hydroxyl groups excluding tert-OH is 1. The first-order valence-corrected chi connectivity index (χ1v) is 7.77. The molecule has 112 valence electrons. The van der Waals surface area contributed by atoms with Crippen LogP contribution >= 0.6 is 0 Å². The van der Waals surface area contributed by atoms with Crippen LogP contribution in [0.5, 0.6) is 0 Å². The lowest BCUT2D eigenvalue weighted by Crippen LogP contribution is -2.07. The summed E-state index contributed by atoms with van der Waals surface area (Å²) in [5.74, 6) is 0.619. The van der Waals surface area contributed by atoms with Crippen molar-refractivity contribution in [1.29, 1.82) is 0 Å². The molecule has 2 rings (SSSR count). The highest BCUT2D eigenvalue weighted by molar-refractivity contribution is 5.83. The molecule has 0 aromatic rings. The van der Waals surface area contributed by atoms with E-state index < -0.39 is 0 Å². The monoisotopic (exact) mass is 283 g/mol. The molecule has 0 aromatic carbocycles. The molecule has 0 bridgehead atoms. The predicted molar refractivity (Wildman–Crippen MR) is 90.5 cm³/mol. The van der Waals surface area contributed by atoms with Crippen molar-refractivity contribution < 1.29 is 5.11 Å². The number of allylic oxidation sites excluding steroid dienone is 4. The minimum Gasteiger partial charge on any atom is -0.501 e. The summed E-state index contributed by atoms with van der Waals surface area (Å²) in [7, 11) is 0. The summed E-state index contributed by atoms with van der Waals surface area (Å²) in [6, 6.07) is 0. The second-order valence-corrected chi connectivity index (χ2v) is 4.90. The van der Waals surface area contributed by atoms with E-state index in [0.29, 0.717) is 5.92 Å². The van der Waals surface area contributed by atoms with Gasteiger partial charge in [0.25, 0.3) is 0 Å². The number of hydrogen-bond acceptors (Lipinski definition) is 2. The highest BCUT2D eigenvalue weighted by Gasteiger charge is 2.15. The van der Waals surface area contributed by atoms with E-state index in [2.05, 4.69) is 23.0 Å². The van der Waals surface area contributed by atoms with Crippen molar-refractivity contribution >= 4 is 6.21 Å². The lowest BCUT2D eigenvalue weighted by Gasteiger charge is -2.21. The van der Waals surface area contributed by atoms with Gasteiger partial charge in [0.15, 0.2) is 5.76 Å². The fourth-order valence-corrected chi connectivity index (χ4v) is 2.31. The van der Waals surface area contributed by atoms with Gasteiger partial charge < -0.3 is 5.11 Å². The number of aliphatic imine (C=N–C) groups is 1. The quantitative estimate of drug-likeness (QED) is 0.544. The van der Waals surface area contributed by atoms with Crippen LogP contribution in [0.3, 0.4) is 0 Å². The Hall–Kier alpha value is -2.01. The molecule has 2 nitrogen and oxygen atoms in total. The summed E-state index contributed by atoms with van der Waals surface area (Å²) in [6.45, 7) is 8.08. The Balaban J connectivity index is 0.00000106. The van der Waals surface area contributed by atoms with E-state index >= 15 is 0 Å². The van der Waals surface area contributed by atoms with Crippen LogP contribution in [0.4, 0.5) is 0 Å². The van der Waals surface area contributed by atoms with Crippen LogP contribution in [-0.4, -0.2) is 11.3 Å². The van der Waals surface area contributed by atoms with Crippen molar-refractivity contribution in [2.24, 2.45) is 10.9 Å². The summed E-state index contributed by atoms with van der Waals surface area (Å²) in [4.78, 5) is 4.47. The first-order valence-electron chi connectivity index (χ1n) is 7.77. The SMILES string of the molecule is C=C(N=C/C1=C/C=C=C(O)C=C=C1)C1CCCCC1.CC.